The van der Waals surface area contributed by atoms with E-state index in [0.717, 1.165) is 4.90 Å². The lowest BCUT2D eigenvalue weighted by Gasteiger charge is -2.19. The van der Waals surface area contributed by atoms with E-state index in [0.29, 0.717) is 10.0 Å². The van der Waals surface area contributed by atoms with E-state index in [1.165, 1.54) is 37.8 Å². The quantitative estimate of drug-likeness (QED) is 0.628. The van der Waals surface area contributed by atoms with Crippen LogP contribution in [0.15, 0.2) is 55.0 Å². The van der Waals surface area contributed by atoms with Crippen LogP contribution in [0.3, 0.4) is 0 Å². The summed E-state index contributed by atoms with van der Waals surface area (Å²) in [5.74, 6) is -0.845. The molecule has 1 amide bonds. The standard InChI is InChI=1S/C18H12Cl2FN3O2/c1-24(15-5-3-2-4-14(15)21)18(25)12-9-22-10-23-17(12)26-16-8-11(19)6-7-13(16)20/h2-10H,1H3. The van der Waals surface area contributed by atoms with Crippen LogP contribution in [0.5, 0.6) is 11.6 Å². The van der Waals surface area contributed by atoms with Crippen molar-refractivity contribution in [2.45, 2.75) is 0 Å². The van der Waals surface area contributed by atoms with E-state index in [4.69, 9.17) is 27.9 Å². The molecule has 0 spiro atoms. The summed E-state index contributed by atoms with van der Waals surface area (Å²) in [5.41, 5.74) is 0.169. The molecule has 0 saturated carbocycles. The highest BCUT2D eigenvalue weighted by Crippen LogP contribution is 2.32. The van der Waals surface area contributed by atoms with Gasteiger partial charge >= 0.3 is 0 Å². The number of hydrogen-bond donors (Lipinski definition) is 0. The molecule has 0 aliphatic carbocycles. The summed E-state index contributed by atoms with van der Waals surface area (Å²) in [5, 5.41) is 0.712. The van der Waals surface area contributed by atoms with Crippen LogP contribution in [-0.4, -0.2) is 22.9 Å². The number of hydrogen-bond acceptors (Lipinski definition) is 4. The van der Waals surface area contributed by atoms with Gasteiger partial charge in [-0.25, -0.2) is 14.4 Å². The Bertz CT molecular complexity index is 969. The van der Waals surface area contributed by atoms with Gasteiger partial charge < -0.3 is 9.64 Å². The Kier molecular flexibility index (Phi) is 5.35. The van der Waals surface area contributed by atoms with Crippen molar-refractivity contribution in [1.29, 1.82) is 0 Å². The zero-order valence-corrected chi connectivity index (χ0v) is 15.0. The van der Waals surface area contributed by atoms with Crippen LogP contribution < -0.4 is 9.64 Å². The molecule has 0 N–H and O–H groups in total. The molecule has 1 heterocycles. The van der Waals surface area contributed by atoms with Crippen molar-refractivity contribution in [3.8, 4) is 11.6 Å². The molecule has 0 unspecified atom stereocenters. The van der Waals surface area contributed by atoms with Gasteiger partial charge in [0.1, 0.15) is 23.5 Å². The molecule has 0 aliphatic heterocycles. The largest absolute Gasteiger partial charge is 0.436 e. The van der Waals surface area contributed by atoms with Crippen LogP contribution in [0.25, 0.3) is 0 Å². The summed E-state index contributed by atoms with van der Waals surface area (Å²) in [6, 6.07) is 10.6. The van der Waals surface area contributed by atoms with Crippen molar-refractivity contribution in [3.05, 3.63) is 76.4 Å². The van der Waals surface area contributed by atoms with Crippen molar-refractivity contribution in [2.75, 3.05) is 11.9 Å². The molecule has 3 aromatic rings. The molecule has 0 fully saturated rings. The summed E-state index contributed by atoms with van der Waals surface area (Å²) in [4.78, 5) is 21.8. The summed E-state index contributed by atoms with van der Waals surface area (Å²) in [7, 11) is 1.45. The number of benzene rings is 2. The molecule has 2 aromatic carbocycles. The third kappa shape index (κ3) is 3.76. The number of ether oxygens (including phenoxy) is 1. The van der Waals surface area contributed by atoms with Crippen molar-refractivity contribution in [1.82, 2.24) is 9.97 Å². The topological polar surface area (TPSA) is 55.3 Å². The van der Waals surface area contributed by atoms with E-state index in [9.17, 15) is 9.18 Å². The van der Waals surface area contributed by atoms with E-state index in [-0.39, 0.29) is 22.9 Å². The fraction of sp³-hybridized carbons (Fsp3) is 0.0556. The van der Waals surface area contributed by atoms with Crippen molar-refractivity contribution < 1.29 is 13.9 Å². The van der Waals surface area contributed by atoms with Crippen LogP contribution in [-0.2, 0) is 0 Å². The molecular weight excluding hydrogens is 380 g/mol. The van der Waals surface area contributed by atoms with Crippen molar-refractivity contribution in [3.63, 3.8) is 0 Å². The third-order valence-corrected chi connectivity index (χ3v) is 4.07. The Morgan fingerprint density at radius 1 is 1.19 bits per heavy atom. The molecular formula is C18H12Cl2FN3O2. The van der Waals surface area contributed by atoms with Gasteiger partial charge in [0.25, 0.3) is 5.91 Å². The minimum atomic E-state index is -0.538. The van der Waals surface area contributed by atoms with Gasteiger partial charge in [-0.05, 0) is 24.3 Å². The minimum absolute atomic E-state index is 0.0163. The van der Waals surface area contributed by atoms with E-state index in [1.54, 1.807) is 24.3 Å². The number of amides is 1. The van der Waals surface area contributed by atoms with Crippen LogP contribution in [0.2, 0.25) is 10.0 Å². The van der Waals surface area contributed by atoms with Gasteiger partial charge in [-0.15, -0.1) is 0 Å². The first kappa shape index (κ1) is 18.1. The number of nitrogens with zero attached hydrogens (tertiary/aromatic N) is 3. The van der Waals surface area contributed by atoms with Crippen molar-refractivity contribution in [2.24, 2.45) is 0 Å². The maximum Gasteiger partial charge on any atom is 0.265 e. The second-order valence-corrected chi connectivity index (χ2v) is 6.08. The molecule has 3 rings (SSSR count). The predicted octanol–water partition coefficient (Wildman–Crippen LogP) is 4.99. The van der Waals surface area contributed by atoms with Crippen LogP contribution in [0.1, 0.15) is 10.4 Å². The van der Waals surface area contributed by atoms with Gasteiger partial charge in [0, 0.05) is 24.3 Å². The smallest absolute Gasteiger partial charge is 0.265 e. The summed E-state index contributed by atoms with van der Waals surface area (Å²) < 4.78 is 19.6. The maximum absolute atomic E-state index is 14.0. The van der Waals surface area contributed by atoms with Gasteiger partial charge in [0.2, 0.25) is 5.88 Å². The first-order chi connectivity index (χ1) is 12.5. The van der Waals surface area contributed by atoms with Gasteiger partial charge in [-0.2, -0.15) is 0 Å². The number of aromatic nitrogens is 2. The molecule has 0 atom stereocenters. The summed E-state index contributed by atoms with van der Waals surface area (Å²) >= 11 is 12.0. The number of carbonyl (C=O) groups is 1. The van der Waals surface area contributed by atoms with Gasteiger partial charge in [-0.1, -0.05) is 35.3 Å². The zero-order chi connectivity index (χ0) is 18.7. The highest BCUT2D eigenvalue weighted by molar-refractivity contribution is 6.34. The molecule has 26 heavy (non-hydrogen) atoms. The molecule has 0 bridgehead atoms. The number of carbonyl (C=O) groups excluding carboxylic acids is 1. The number of halogens is 3. The molecule has 0 aliphatic rings. The fourth-order valence-corrected chi connectivity index (χ4v) is 2.54. The monoisotopic (exact) mass is 391 g/mol. The minimum Gasteiger partial charge on any atom is -0.436 e. The van der Waals surface area contributed by atoms with Crippen LogP contribution in [0, 0.1) is 5.82 Å². The van der Waals surface area contributed by atoms with E-state index in [2.05, 4.69) is 9.97 Å². The average Bonchev–Trinajstić information content (AvgIpc) is 2.64. The Morgan fingerprint density at radius 3 is 2.73 bits per heavy atom. The molecule has 0 saturated heterocycles. The molecule has 5 nitrogen and oxygen atoms in total. The van der Waals surface area contributed by atoms with Crippen molar-refractivity contribution >= 4 is 34.8 Å². The Morgan fingerprint density at radius 2 is 1.96 bits per heavy atom. The lowest BCUT2D eigenvalue weighted by atomic mass is 10.2. The van der Waals surface area contributed by atoms with E-state index < -0.39 is 11.7 Å². The lowest BCUT2D eigenvalue weighted by Crippen LogP contribution is -2.27. The lowest BCUT2D eigenvalue weighted by molar-refractivity contribution is 0.0989. The van der Waals surface area contributed by atoms with Gasteiger partial charge in [0.15, 0.2) is 0 Å². The molecule has 8 heteroatoms. The highest BCUT2D eigenvalue weighted by atomic mass is 35.5. The highest BCUT2D eigenvalue weighted by Gasteiger charge is 2.22. The second-order valence-electron chi connectivity index (χ2n) is 5.23. The normalized spacial score (nSPS) is 10.5. The number of rotatable bonds is 4. The SMILES string of the molecule is CN(C(=O)c1cncnc1Oc1cc(Cl)ccc1Cl)c1ccccc1F. The van der Waals surface area contributed by atoms with Gasteiger partial charge in [-0.3, -0.25) is 4.79 Å². The Hall–Kier alpha value is -2.70. The predicted molar refractivity (Wildman–Crippen MR) is 97.7 cm³/mol. The number of anilines is 1. The summed E-state index contributed by atoms with van der Waals surface area (Å²) in [6.45, 7) is 0. The Labute approximate surface area is 159 Å². The molecule has 0 radical (unpaired) electrons. The third-order valence-electron chi connectivity index (χ3n) is 3.52. The van der Waals surface area contributed by atoms with E-state index >= 15 is 0 Å². The molecule has 132 valence electrons. The van der Waals surface area contributed by atoms with Gasteiger partial charge in [0.05, 0.1) is 10.7 Å². The summed E-state index contributed by atoms with van der Waals surface area (Å²) in [6.07, 6.45) is 2.52. The fourth-order valence-electron chi connectivity index (χ4n) is 2.22. The maximum atomic E-state index is 14.0. The Balaban J connectivity index is 1.95. The number of para-hydroxylation sites is 1. The molecule has 1 aromatic heterocycles. The van der Waals surface area contributed by atoms with E-state index in [1.807, 2.05) is 0 Å². The first-order valence-corrected chi connectivity index (χ1v) is 8.18. The average molecular weight is 392 g/mol. The zero-order valence-electron chi connectivity index (χ0n) is 13.5. The second kappa shape index (κ2) is 7.68. The first-order valence-electron chi connectivity index (χ1n) is 7.43. The van der Waals surface area contributed by atoms with Crippen LogP contribution in [0.4, 0.5) is 10.1 Å². The van der Waals surface area contributed by atoms with Crippen LogP contribution >= 0.6 is 23.2 Å².